The Kier molecular flexibility index (Phi) is 6.64. The molecule has 0 aliphatic rings. The Labute approximate surface area is 179 Å². The summed E-state index contributed by atoms with van der Waals surface area (Å²) in [6.45, 7) is 1.48. The van der Waals surface area contributed by atoms with Crippen molar-refractivity contribution in [2.24, 2.45) is 0 Å². The molecule has 10 heteroatoms. The quantitative estimate of drug-likeness (QED) is 0.420. The summed E-state index contributed by atoms with van der Waals surface area (Å²) in [4.78, 5) is 18.7. The molecule has 1 N–H and O–H groups in total. The molecule has 3 rings (SSSR count). The molecule has 30 heavy (non-hydrogen) atoms. The van der Waals surface area contributed by atoms with Crippen LogP contribution in [0, 0.1) is 35.7 Å². The van der Waals surface area contributed by atoms with Gasteiger partial charge in [-0.1, -0.05) is 11.9 Å². The number of aromatic nitrogens is 1. The molecular weight excluding hydrogens is 433 g/mol. The van der Waals surface area contributed by atoms with E-state index in [0.29, 0.717) is 27.3 Å². The summed E-state index contributed by atoms with van der Waals surface area (Å²) in [5.41, 5.74) is 0.925. The number of thiazole rings is 1. The number of halogens is 3. The summed E-state index contributed by atoms with van der Waals surface area (Å²) in [5, 5.41) is 9.36. The van der Waals surface area contributed by atoms with E-state index in [9.17, 15) is 18.0 Å². The van der Waals surface area contributed by atoms with Gasteiger partial charge in [0.25, 0.3) is 5.91 Å². The largest absolute Gasteiger partial charge is 0.313 e. The molecule has 0 bridgehead atoms. The number of anilines is 2. The number of benzene rings is 2. The van der Waals surface area contributed by atoms with Crippen molar-refractivity contribution in [3.63, 3.8) is 0 Å². The van der Waals surface area contributed by atoms with Gasteiger partial charge in [0.2, 0.25) is 0 Å². The molecule has 1 amide bonds. The Morgan fingerprint density at radius 1 is 1.27 bits per heavy atom. The van der Waals surface area contributed by atoms with Gasteiger partial charge in [-0.2, -0.15) is 5.26 Å². The van der Waals surface area contributed by atoms with Crippen LogP contribution >= 0.6 is 23.3 Å². The Hall–Kier alpha value is -3.03. The predicted molar refractivity (Wildman–Crippen MR) is 111 cm³/mol. The number of rotatable bonds is 6. The molecule has 2 aromatic carbocycles. The van der Waals surface area contributed by atoms with Gasteiger partial charge in [0.15, 0.2) is 16.8 Å². The first-order valence-electron chi connectivity index (χ1n) is 8.56. The first kappa shape index (κ1) is 21.7. The van der Waals surface area contributed by atoms with Crippen molar-refractivity contribution in [1.82, 2.24) is 9.71 Å². The van der Waals surface area contributed by atoms with E-state index < -0.39 is 17.5 Å². The van der Waals surface area contributed by atoms with Crippen molar-refractivity contribution in [2.75, 3.05) is 11.2 Å². The lowest BCUT2D eigenvalue weighted by atomic mass is 10.1. The summed E-state index contributed by atoms with van der Waals surface area (Å²) in [6, 6.07) is 9.75. The molecule has 5 nitrogen and oxygen atoms in total. The van der Waals surface area contributed by atoms with Crippen LogP contribution < -0.4 is 9.62 Å². The zero-order chi connectivity index (χ0) is 21.8. The van der Waals surface area contributed by atoms with Crippen LogP contribution in [0.2, 0.25) is 0 Å². The minimum Gasteiger partial charge on any atom is -0.313 e. The van der Waals surface area contributed by atoms with Crippen molar-refractivity contribution >= 4 is 40.0 Å². The third-order valence-electron chi connectivity index (χ3n) is 4.13. The fourth-order valence-electron chi connectivity index (χ4n) is 2.73. The summed E-state index contributed by atoms with van der Waals surface area (Å²) >= 11 is 2.31. The highest BCUT2D eigenvalue weighted by molar-refractivity contribution is 7.97. The Morgan fingerprint density at radius 3 is 2.60 bits per heavy atom. The third kappa shape index (κ3) is 4.58. The van der Waals surface area contributed by atoms with Crippen LogP contribution in [-0.2, 0) is 6.54 Å². The topological polar surface area (TPSA) is 69.0 Å². The van der Waals surface area contributed by atoms with Gasteiger partial charge < -0.3 is 4.90 Å². The molecule has 0 aliphatic carbocycles. The molecule has 0 spiro atoms. The molecule has 0 unspecified atom stereocenters. The minimum atomic E-state index is -1.29. The molecule has 3 aromatic rings. The second kappa shape index (κ2) is 9.19. The fraction of sp³-hybridized carbons (Fsp3) is 0.150. The lowest BCUT2D eigenvalue weighted by Gasteiger charge is -2.22. The van der Waals surface area contributed by atoms with Crippen molar-refractivity contribution in [3.8, 4) is 6.07 Å². The maximum atomic E-state index is 14.3. The number of nitriles is 1. The first-order valence-corrected chi connectivity index (χ1v) is 10.6. The van der Waals surface area contributed by atoms with Crippen LogP contribution in [0.1, 0.15) is 26.5 Å². The van der Waals surface area contributed by atoms with Crippen LogP contribution in [0.15, 0.2) is 36.4 Å². The van der Waals surface area contributed by atoms with Gasteiger partial charge >= 0.3 is 0 Å². The van der Waals surface area contributed by atoms with E-state index in [1.807, 2.05) is 6.07 Å². The molecule has 0 saturated carbocycles. The second-order valence-corrected chi connectivity index (χ2v) is 7.94. The molecule has 154 valence electrons. The highest BCUT2D eigenvalue weighted by atomic mass is 32.2. The van der Waals surface area contributed by atoms with Gasteiger partial charge in [0, 0.05) is 28.5 Å². The standard InChI is InChI=1S/C20H15F3N4OS2/c1-11-18(19(28)26-29-2)25-20(30-11)27(15-5-3-12(9-24)4-6-15)10-13-7-14(21)8-16(22)17(13)23/h3-8H,10H2,1-2H3,(H,26,28). The van der Waals surface area contributed by atoms with E-state index in [4.69, 9.17) is 5.26 Å². The SMILES string of the molecule is CSNC(=O)c1nc(N(Cc2cc(F)cc(F)c2F)c2ccc(C#N)cc2)sc1C. The van der Waals surface area contributed by atoms with E-state index >= 15 is 0 Å². The first-order chi connectivity index (χ1) is 14.3. The van der Waals surface area contributed by atoms with E-state index in [-0.39, 0.29) is 23.7 Å². The number of hydrogen-bond acceptors (Lipinski definition) is 6. The Morgan fingerprint density at radius 2 is 1.97 bits per heavy atom. The number of amides is 1. The van der Waals surface area contributed by atoms with Crippen LogP contribution in [0.3, 0.4) is 0 Å². The highest BCUT2D eigenvalue weighted by Crippen LogP contribution is 2.34. The minimum absolute atomic E-state index is 0.203. The maximum absolute atomic E-state index is 14.3. The fourth-order valence-corrected chi connectivity index (χ4v) is 3.94. The zero-order valence-corrected chi connectivity index (χ0v) is 17.5. The molecule has 1 heterocycles. The molecule has 0 fully saturated rings. The van der Waals surface area contributed by atoms with Crippen molar-refractivity contribution in [3.05, 3.63) is 75.5 Å². The van der Waals surface area contributed by atoms with Crippen LogP contribution in [0.5, 0.6) is 0 Å². The van der Waals surface area contributed by atoms with Crippen molar-refractivity contribution in [1.29, 1.82) is 5.26 Å². The molecule has 0 atom stereocenters. The number of nitrogens with zero attached hydrogens (tertiary/aromatic N) is 3. The summed E-state index contributed by atoms with van der Waals surface area (Å²) in [7, 11) is 0. The smallest absolute Gasteiger partial charge is 0.280 e. The zero-order valence-electron chi connectivity index (χ0n) is 15.9. The van der Waals surface area contributed by atoms with Crippen LogP contribution in [0.25, 0.3) is 0 Å². The maximum Gasteiger partial charge on any atom is 0.280 e. The number of nitrogens with one attached hydrogen (secondary N) is 1. The van der Waals surface area contributed by atoms with Gasteiger partial charge in [-0.25, -0.2) is 18.2 Å². The number of aryl methyl sites for hydroxylation is 1. The lowest BCUT2D eigenvalue weighted by molar-refractivity contribution is 0.0980. The normalized spacial score (nSPS) is 10.5. The number of hydrogen-bond donors (Lipinski definition) is 1. The molecule has 0 saturated heterocycles. The van der Waals surface area contributed by atoms with E-state index in [1.165, 1.54) is 16.2 Å². The van der Waals surface area contributed by atoms with Gasteiger partial charge in [0.1, 0.15) is 11.5 Å². The number of carbonyl (C=O) groups is 1. The highest BCUT2D eigenvalue weighted by Gasteiger charge is 2.22. The van der Waals surface area contributed by atoms with E-state index in [1.54, 1.807) is 37.4 Å². The second-order valence-electron chi connectivity index (χ2n) is 6.14. The Balaban J connectivity index is 2.08. The summed E-state index contributed by atoms with van der Waals surface area (Å²) < 4.78 is 44.3. The van der Waals surface area contributed by atoms with Crippen molar-refractivity contribution < 1.29 is 18.0 Å². The molecule has 0 radical (unpaired) electrons. The van der Waals surface area contributed by atoms with Gasteiger partial charge in [-0.05, 0) is 37.3 Å². The van der Waals surface area contributed by atoms with Gasteiger partial charge in [-0.15, -0.1) is 11.3 Å². The average Bonchev–Trinajstić information content (AvgIpc) is 3.11. The third-order valence-corrected chi connectivity index (χ3v) is 5.51. The summed E-state index contributed by atoms with van der Waals surface area (Å²) in [6.07, 6.45) is 1.70. The Bertz CT molecular complexity index is 1130. The lowest BCUT2D eigenvalue weighted by Crippen LogP contribution is -2.19. The van der Waals surface area contributed by atoms with E-state index in [2.05, 4.69) is 9.71 Å². The van der Waals surface area contributed by atoms with Crippen LogP contribution in [-0.4, -0.2) is 17.1 Å². The van der Waals surface area contributed by atoms with Gasteiger partial charge in [-0.3, -0.25) is 9.52 Å². The molecule has 1 aromatic heterocycles. The van der Waals surface area contributed by atoms with E-state index in [0.717, 1.165) is 18.0 Å². The average molecular weight is 448 g/mol. The van der Waals surface area contributed by atoms with Crippen LogP contribution in [0.4, 0.5) is 24.0 Å². The summed E-state index contributed by atoms with van der Waals surface area (Å²) in [5.74, 6) is -3.74. The van der Waals surface area contributed by atoms with Crippen molar-refractivity contribution in [2.45, 2.75) is 13.5 Å². The number of carbonyl (C=O) groups excluding carboxylic acids is 1. The molecule has 0 aliphatic heterocycles. The predicted octanol–water partition coefficient (Wildman–Crippen LogP) is 5.09. The van der Waals surface area contributed by atoms with Gasteiger partial charge in [0.05, 0.1) is 18.2 Å². The monoisotopic (exact) mass is 448 g/mol. The molecular formula is C20H15F3N4OS2.